The Hall–Kier alpha value is -1.30. The summed E-state index contributed by atoms with van der Waals surface area (Å²) in [5.74, 6) is 0. The lowest BCUT2D eigenvalue weighted by molar-refractivity contribution is 0.118. The van der Waals surface area contributed by atoms with Crippen molar-refractivity contribution in [2.45, 2.75) is 19.1 Å². The van der Waals surface area contributed by atoms with Crippen molar-refractivity contribution in [1.29, 1.82) is 0 Å². The van der Waals surface area contributed by atoms with E-state index in [0.717, 1.165) is 10.0 Å². The van der Waals surface area contributed by atoms with E-state index in [9.17, 15) is 0 Å². The van der Waals surface area contributed by atoms with Crippen LogP contribution in [0, 0.1) is 0 Å². The second-order valence-corrected chi connectivity index (χ2v) is 5.03. The van der Waals surface area contributed by atoms with Crippen molar-refractivity contribution >= 4 is 11.3 Å². The Labute approximate surface area is 111 Å². The highest BCUT2D eigenvalue weighted by molar-refractivity contribution is 7.11. The van der Waals surface area contributed by atoms with E-state index in [2.05, 4.69) is 27.6 Å². The van der Waals surface area contributed by atoms with Gasteiger partial charge in [0.15, 0.2) is 0 Å². The van der Waals surface area contributed by atoms with Crippen LogP contribution in [-0.2, 0) is 4.74 Å². The van der Waals surface area contributed by atoms with Crippen LogP contribution in [0.25, 0.3) is 0 Å². The third-order valence-electron chi connectivity index (χ3n) is 2.83. The standard InChI is InChI=1S/C13H17N3OS/c1-9(17-3)12-15-16-13(18-12)11(14-2)10-7-5-4-6-8-10/h4-9,11,14H,1-3H3. The van der Waals surface area contributed by atoms with E-state index in [1.807, 2.05) is 32.2 Å². The number of benzene rings is 1. The van der Waals surface area contributed by atoms with Gasteiger partial charge in [-0.3, -0.25) is 0 Å². The fourth-order valence-corrected chi connectivity index (χ4v) is 2.72. The maximum atomic E-state index is 5.26. The highest BCUT2D eigenvalue weighted by atomic mass is 32.1. The first kappa shape index (κ1) is 13.1. The summed E-state index contributed by atoms with van der Waals surface area (Å²) in [4.78, 5) is 0. The number of ether oxygens (including phenoxy) is 1. The lowest BCUT2D eigenvalue weighted by atomic mass is 10.1. The molecule has 0 fully saturated rings. The van der Waals surface area contributed by atoms with E-state index in [1.165, 1.54) is 5.56 Å². The molecular weight excluding hydrogens is 246 g/mol. The minimum atomic E-state index is -0.00969. The van der Waals surface area contributed by atoms with Gasteiger partial charge in [0, 0.05) is 7.11 Å². The molecule has 0 spiro atoms. The van der Waals surface area contributed by atoms with E-state index < -0.39 is 0 Å². The summed E-state index contributed by atoms with van der Waals surface area (Å²) in [6.45, 7) is 1.97. The third-order valence-corrected chi connectivity index (χ3v) is 3.98. The molecule has 96 valence electrons. The molecule has 18 heavy (non-hydrogen) atoms. The van der Waals surface area contributed by atoms with Gasteiger partial charge in [0.05, 0.1) is 6.04 Å². The summed E-state index contributed by atoms with van der Waals surface area (Å²) in [5.41, 5.74) is 1.19. The smallest absolute Gasteiger partial charge is 0.146 e. The molecule has 0 aliphatic rings. The minimum absolute atomic E-state index is 0.00969. The lowest BCUT2D eigenvalue weighted by Gasteiger charge is -2.12. The maximum Gasteiger partial charge on any atom is 0.146 e. The maximum absolute atomic E-state index is 5.26. The van der Waals surface area contributed by atoms with Crippen LogP contribution in [0.1, 0.15) is 34.6 Å². The van der Waals surface area contributed by atoms with Gasteiger partial charge in [0.2, 0.25) is 0 Å². The average Bonchev–Trinajstić information content (AvgIpc) is 2.89. The van der Waals surface area contributed by atoms with Crippen LogP contribution < -0.4 is 5.32 Å². The average molecular weight is 263 g/mol. The molecule has 5 heteroatoms. The van der Waals surface area contributed by atoms with E-state index in [-0.39, 0.29) is 12.1 Å². The number of nitrogens with zero attached hydrogens (tertiary/aromatic N) is 2. The van der Waals surface area contributed by atoms with Crippen molar-refractivity contribution in [2.75, 3.05) is 14.2 Å². The number of aromatic nitrogens is 2. The van der Waals surface area contributed by atoms with Gasteiger partial charge in [0.25, 0.3) is 0 Å². The van der Waals surface area contributed by atoms with Gasteiger partial charge in [-0.05, 0) is 19.5 Å². The van der Waals surface area contributed by atoms with Gasteiger partial charge in [-0.25, -0.2) is 0 Å². The topological polar surface area (TPSA) is 47.0 Å². The second-order valence-electron chi connectivity index (χ2n) is 3.99. The lowest BCUT2D eigenvalue weighted by Crippen LogP contribution is -2.17. The predicted molar refractivity (Wildman–Crippen MR) is 72.7 cm³/mol. The van der Waals surface area contributed by atoms with Crippen LogP contribution in [0.2, 0.25) is 0 Å². The largest absolute Gasteiger partial charge is 0.374 e. The van der Waals surface area contributed by atoms with Crippen molar-refractivity contribution in [3.05, 3.63) is 45.9 Å². The molecule has 0 radical (unpaired) electrons. The fourth-order valence-electron chi connectivity index (χ4n) is 1.71. The van der Waals surface area contributed by atoms with Crippen molar-refractivity contribution in [2.24, 2.45) is 0 Å². The first-order valence-corrected chi connectivity index (χ1v) is 6.66. The Morgan fingerprint density at radius 3 is 2.44 bits per heavy atom. The van der Waals surface area contributed by atoms with Crippen LogP contribution in [0.5, 0.6) is 0 Å². The monoisotopic (exact) mass is 263 g/mol. The number of methoxy groups -OCH3 is 1. The molecule has 2 atom stereocenters. The molecule has 2 rings (SSSR count). The fraction of sp³-hybridized carbons (Fsp3) is 0.385. The summed E-state index contributed by atoms with van der Waals surface area (Å²) in [6, 6.07) is 10.3. The highest BCUT2D eigenvalue weighted by Gasteiger charge is 2.18. The molecule has 0 bridgehead atoms. The molecule has 1 N–H and O–H groups in total. The first-order chi connectivity index (χ1) is 8.76. The van der Waals surface area contributed by atoms with Crippen molar-refractivity contribution in [3.63, 3.8) is 0 Å². The molecule has 0 amide bonds. The van der Waals surface area contributed by atoms with Crippen LogP contribution in [-0.4, -0.2) is 24.4 Å². The van der Waals surface area contributed by atoms with Crippen LogP contribution in [0.3, 0.4) is 0 Å². The van der Waals surface area contributed by atoms with E-state index >= 15 is 0 Å². The molecule has 1 aromatic carbocycles. The minimum Gasteiger partial charge on any atom is -0.374 e. The van der Waals surface area contributed by atoms with Gasteiger partial charge in [0.1, 0.15) is 16.1 Å². The first-order valence-electron chi connectivity index (χ1n) is 5.84. The van der Waals surface area contributed by atoms with Crippen LogP contribution >= 0.6 is 11.3 Å². The van der Waals surface area contributed by atoms with Gasteiger partial charge >= 0.3 is 0 Å². The second kappa shape index (κ2) is 6.04. The molecule has 1 heterocycles. The zero-order chi connectivity index (χ0) is 13.0. The van der Waals surface area contributed by atoms with Gasteiger partial charge in [-0.2, -0.15) is 0 Å². The molecule has 0 aliphatic heterocycles. The summed E-state index contributed by atoms with van der Waals surface area (Å²) in [7, 11) is 3.61. The van der Waals surface area contributed by atoms with E-state index in [4.69, 9.17) is 4.74 Å². The van der Waals surface area contributed by atoms with Crippen molar-refractivity contribution in [3.8, 4) is 0 Å². The third kappa shape index (κ3) is 2.75. The Morgan fingerprint density at radius 1 is 1.17 bits per heavy atom. The molecule has 1 aromatic heterocycles. The zero-order valence-corrected chi connectivity index (χ0v) is 11.6. The molecule has 2 unspecified atom stereocenters. The van der Waals surface area contributed by atoms with E-state index in [1.54, 1.807) is 18.4 Å². The zero-order valence-electron chi connectivity index (χ0n) is 10.8. The van der Waals surface area contributed by atoms with Crippen LogP contribution in [0.15, 0.2) is 30.3 Å². The van der Waals surface area contributed by atoms with E-state index in [0.29, 0.717) is 0 Å². The summed E-state index contributed by atoms with van der Waals surface area (Å²) < 4.78 is 5.26. The number of hydrogen-bond donors (Lipinski definition) is 1. The Bertz CT molecular complexity index is 486. The molecule has 0 aliphatic carbocycles. The summed E-state index contributed by atoms with van der Waals surface area (Å²) in [6.07, 6.45) is -0.00969. The Morgan fingerprint density at radius 2 is 1.83 bits per heavy atom. The Kier molecular flexibility index (Phi) is 4.41. The van der Waals surface area contributed by atoms with Crippen molar-refractivity contribution < 1.29 is 4.74 Å². The summed E-state index contributed by atoms with van der Waals surface area (Å²) in [5, 5.41) is 13.6. The molecular formula is C13H17N3OS. The number of hydrogen-bond acceptors (Lipinski definition) is 5. The van der Waals surface area contributed by atoms with Crippen molar-refractivity contribution in [1.82, 2.24) is 15.5 Å². The number of nitrogens with one attached hydrogen (secondary N) is 1. The molecule has 2 aromatic rings. The molecule has 0 saturated carbocycles. The highest BCUT2D eigenvalue weighted by Crippen LogP contribution is 2.27. The Balaban J connectivity index is 2.26. The number of rotatable bonds is 5. The summed E-state index contributed by atoms with van der Waals surface area (Å²) >= 11 is 1.58. The van der Waals surface area contributed by atoms with Gasteiger partial charge in [-0.15, -0.1) is 10.2 Å². The predicted octanol–water partition coefficient (Wildman–Crippen LogP) is 2.55. The molecule has 4 nitrogen and oxygen atoms in total. The van der Waals surface area contributed by atoms with Gasteiger partial charge < -0.3 is 10.1 Å². The normalized spacial score (nSPS) is 14.4. The molecule has 0 saturated heterocycles. The SMILES string of the molecule is CNC(c1ccccc1)c1nnc(C(C)OC)s1. The quantitative estimate of drug-likeness (QED) is 0.900. The van der Waals surface area contributed by atoms with Crippen LogP contribution in [0.4, 0.5) is 0 Å². The van der Waals surface area contributed by atoms with Gasteiger partial charge in [-0.1, -0.05) is 41.7 Å².